The first-order valence-corrected chi connectivity index (χ1v) is 10.1. The van der Waals surface area contributed by atoms with Crippen molar-refractivity contribution in [2.24, 2.45) is 10.2 Å². The molecular weight excluding hydrogens is 458 g/mol. The minimum Gasteiger partial charge on any atom is -0.506 e. The number of hydrogen-bond donors (Lipinski definition) is 3. The maximum absolute atomic E-state index is 10.7. The number of fused-ring (bicyclic) bond motifs is 1. The second-order valence-corrected chi connectivity index (χ2v) is 7.87. The first-order chi connectivity index (χ1) is 14.7. The van der Waals surface area contributed by atoms with Crippen LogP contribution in [0.4, 0.5) is 11.4 Å². The second-order valence-electron chi connectivity index (χ2n) is 7.87. The van der Waals surface area contributed by atoms with Gasteiger partial charge >= 0.3 is 5.97 Å². The van der Waals surface area contributed by atoms with Crippen molar-refractivity contribution in [3.05, 3.63) is 59.2 Å². The van der Waals surface area contributed by atoms with Gasteiger partial charge in [-0.25, -0.2) is 0 Å². The van der Waals surface area contributed by atoms with Crippen LogP contribution in [0.25, 0.3) is 10.8 Å². The van der Waals surface area contributed by atoms with Crippen molar-refractivity contribution in [2.75, 3.05) is 20.1 Å². The molecule has 0 unspecified atom stereocenters. The summed E-state index contributed by atoms with van der Waals surface area (Å²) in [4.78, 5) is 12.5. The molecule has 0 saturated carbocycles. The molecule has 0 aromatic heterocycles. The fourth-order valence-electron chi connectivity index (χ4n) is 3.51. The van der Waals surface area contributed by atoms with Crippen molar-refractivity contribution in [1.29, 1.82) is 0 Å². The number of phenols is 2. The van der Waals surface area contributed by atoms with Gasteiger partial charge in [0, 0.05) is 22.5 Å². The van der Waals surface area contributed by atoms with Gasteiger partial charge in [0.05, 0.1) is 6.54 Å². The van der Waals surface area contributed by atoms with Gasteiger partial charge < -0.3 is 15.3 Å². The van der Waals surface area contributed by atoms with Crippen LogP contribution in [0.15, 0.2) is 52.7 Å². The molecule has 0 amide bonds. The Bertz CT molecular complexity index is 1150. The number of phenolic OH excluding ortho intramolecular Hbond substituents is 2. The minimum atomic E-state index is -0.850. The molecule has 3 rings (SSSR count). The van der Waals surface area contributed by atoms with Crippen molar-refractivity contribution in [3.63, 3.8) is 0 Å². The molecular formula is C24H27CuN3O4. The van der Waals surface area contributed by atoms with E-state index in [-0.39, 0.29) is 35.1 Å². The van der Waals surface area contributed by atoms with Crippen LogP contribution in [0.1, 0.15) is 23.1 Å². The number of benzene rings is 3. The zero-order chi connectivity index (χ0) is 22.5. The number of aromatic hydroxyl groups is 2. The molecule has 32 heavy (non-hydrogen) atoms. The van der Waals surface area contributed by atoms with Gasteiger partial charge in [-0.2, -0.15) is 0 Å². The van der Waals surface area contributed by atoms with E-state index in [1.165, 1.54) is 0 Å². The average molecular weight is 485 g/mol. The predicted molar refractivity (Wildman–Crippen MR) is 121 cm³/mol. The Hall–Kier alpha value is -2.93. The van der Waals surface area contributed by atoms with E-state index in [0.29, 0.717) is 29.9 Å². The number of hydrogen-bond acceptors (Lipinski definition) is 6. The average Bonchev–Trinajstić information content (AvgIpc) is 2.69. The van der Waals surface area contributed by atoms with Gasteiger partial charge in [0.2, 0.25) is 0 Å². The Morgan fingerprint density at radius 2 is 1.78 bits per heavy atom. The SMILES string of the molecule is Cc1ccc2c(N=Nc3cc(CCCN(C)CC(=O)O)ccc3O)c(O)c(C)cc2c1.[Cu]. The van der Waals surface area contributed by atoms with E-state index < -0.39 is 5.97 Å². The topological polar surface area (TPSA) is 106 Å². The molecule has 3 N–H and O–H groups in total. The van der Waals surface area contributed by atoms with Gasteiger partial charge in [0.15, 0.2) is 0 Å². The van der Waals surface area contributed by atoms with Gasteiger partial charge in [-0.1, -0.05) is 29.8 Å². The second kappa shape index (κ2) is 11.1. The van der Waals surface area contributed by atoms with Gasteiger partial charge in [-0.3, -0.25) is 9.69 Å². The smallest absolute Gasteiger partial charge is 0.317 e. The first-order valence-electron chi connectivity index (χ1n) is 10.1. The van der Waals surface area contributed by atoms with Crippen LogP contribution < -0.4 is 0 Å². The molecule has 0 heterocycles. The van der Waals surface area contributed by atoms with Crippen LogP contribution in [0.3, 0.4) is 0 Å². The molecule has 0 aliphatic heterocycles. The van der Waals surface area contributed by atoms with Gasteiger partial charge in [-0.15, -0.1) is 10.2 Å². The molecule has 7 nitrogen and oxygen atoms in total. The quantitative estimate of drug-likeness (QED) is 0.300. The summed E-state index contributed by atoms with van der Waals surface area (Å²) in [6, 6.07) is 12.9. The van der Waals surface area contributed by atoms with Crippen LogP contribution in [0.2, 0.25) is 0 Å². The fraction of sp³-hybridized carbons (Fsp3) is 0.292. The first kappa shape index (κ1) is 25.3. The van der Waals surface area contributed by atoms with Gasteiger partial charge in [0.25, 0.3) is 0 Å². The fourth-order valence-corrected chi connectivity index (χ4v) is 3.51. The van der Waals surface area contributed by atoms with Crippen molar-refractivity contribution >= 4 is 28.1 Å². The summed E-state index contributed by atoms with van der Waals surface area (Å²) in [5, 5.41) is 39.8. The van der Waals surface area contributed by atoms with Crippen molar-refractivity contribution in [2.45, 2.75) is 26.7 Å². The summed E-state index contributed by atoms with van der Waals surface area (Å²) in [5.41, 5.74) is 3.47. The summed E-state index contributed by atoms with van der Waals surface area (Å²) in [6.45, 7) is 4.47. The van der Waals surface area contributed by atoms with Crippen LogP contribution in [0, 0.1) is 13.8 Å². The molecule has 0 atom stereocenters. The number of carbonyl (C=O) groups is 1. The van der Waals surface area contributed by atoms with E-state index in [4.69, 9.17) is 5.11 Å². The largest absolute Gasteiger partial charge is 0.506 e. The molecule has 0 spiro atoms. The molecule has 0 bridgehead atoms. The van der Waals surface area contributed by atoms with Crippen molar-refractivity contribution < 1.29 is 37.2 Å². The number of rotatable bonds is 8. The molecule has 3 aromatic carbocycles. The normalized spacial score (nSPS) is 11.2. The van der Waals surface area contributed by atoms with Gasteiger partial charge in [-0.05, 0) is 75.0 Å². The van der Waals surface area contributed by atoms with Crippen LogP contribution in [-0.4, -0.2) is 46.3 Å². The number of aliphatic carboxylic acids is 1. The molecule has 8 heteroatoms. The van der Waals surface area contributed by atoms with Crippen LogP contribution in [0.5, 0.6) is 11.5 Å². The summed E-state index contributed by atoms with van der Waals surface area (Å²) >= 11 is 0. The van der Waals surface area contributed by atoms with Gasteiger partial charge in [0.1, 0.15) is 22.9 Å². The van der Waals surface area contributed by atoms with E-state index in [1.54, 1.807) is 24.1 Å². The number of carboxylic acid groups (broad SMARTS) is 1. The summed E-state index contributed by atoms with van der Waals surface area (Å²) in [7, 11) is 1.77. The number of likely N-dealkylation sites (N-methyl/N-ethyl adjacent to an activating group) is 1. The Morgan fingerprint density at radius 1 is 1.03 bits per heavy atom. The third-order valence-corrected chi connectivity index (χ3v) is 5.14. The molecule has 3 aromatic rings. The Labute approximate surface area is 197 Å². The number of nitrogens with zero attached hydrogens (tertiary/aromatic N) is 3. The van der Waals surface area contributed by atoms with E-state index >= 15 is 0 Å². The molecule has 0 saturated heterocycles. The van der Waals surface area contributed by atoms with E-state index in [0.717, 1.165) is 28.3 Å². The molecule has 1 radical (unpaired) electrons. The summed E-state index contributed by atoms with van der Waals surface area (Å²) in [5.74, 6) is -0.781. The Balaban J connectivity index is 0.00000363. The minimum absolute atomic E-state index is 0. The summed E-state index contributed by atoms with van der Waals surface area (Å²) < 4.78 is 0. The molecule has 0 aliphatic carbocycles. The predicted octanol–water partition coefficient (Wildman–Crippen LogP) is 5.23. The number of aryl methyl sites for hydroxylation is 3. The molecule has 0 aliphatic rings. The molecule has 0 fully saturated rings. The third-order valence-electron chi connectivity index (χ3n) is 5.14. The van der Waals surface area contributed by atoms with Crippen molar-refractivity contribution in [3.8, 4) is 11.5 Å². The maximum atomic E-state index is 10.7. The zero-order valence-corrected chi connectivity index (χ0v) is 19.2. The van der Waals surface area contributed by atoms with E-state index in [1.807, 2.05) is 44.2 Å². The Morgan fingerprint density at radius 3 is 2.50 bits per heavy atom. The third kappa shape index (κ3) is 6.29. The Kier molecular flexibility index (Phi) is 8.78. The van der Waals surface area contributed by atoms with Crippen LogP contribution >= 0.6 is 0 Å². The molecule has 173 valence electrons. The van der Waals surface area contributed by atoms with Crippen molar-refractivity contribution in [1.82, 2.24) is 4.90 Å². The zero-order valence-electron chi connectivity index (χ0n) is 18.3. The standard InChI is InChI=1S/C24H27N3O4.Cu/c1-15-6-8-19-18(11-15)12-16(2)24(31)23(19)26-25-20-13-17(7-9-21(20)28)5-4-10-27(3)14-22(29)30;/h6-9,11-13,28,31H,4-5,10,14H2,1-3H3,(H,29,30);. The monoisotopic (exact) mass is 484 g/mol. The maximum Gasteiger partial charge on any atom is 0.317 e. The van der Waals surface area contributed by atoms with Crippen LogP contribution in [-0.2, 0) is 28.3 Å². The van der Waals surface area contributed by atoms with E-state index in [9.17, 15) is 15.0 Å². The number of carboxylic acids is 1. The van der Waals surface area contributed by atoms with E-state index in [2.05, 4.69) is 10.2 Å². The summed E-state index contributed by atoms with van der Waals surface area (Å²) in [6.07, 6.45) is 1.48. The number of azo groups is 1.